The number of benzene rings is 2. The fraction of sp³-hybridized carbons (Fsp3) is 0.192. The Kier molecular flexibility index (Phi) is 6.60. The van der Waals surface area contributed by atoms with Crippen molar-refractivity contribution in [2.45, 2.75) is 32.7 Å². The first-order valence-electron chi connectivity index (χ1n) is 10.5. The maximum absolute atomic E-state index is 14.1. The molecule has 4 rings (SSSR count). The minimum atomic E-state index is -0.391. The van der Waals surface area contributed by atoms with E-state index in [1.165, 1.54) is 22.6 Å². The highest BCUT2D eigenvalue weighted by molar-refractivity contribution is 8.18. The Balaban J connectivity index is 1.59. The Hall–Kier alpha value is -3.45. The lowest BCUT2D eigenvalue weighted by Gasteiger charge is -2.18. The predicted octanol–water partition coefficient (Wildman–Crippen LogP) is 6.22. The second kappa shape index (κ2) is 9.58. The van der Waals surface area contributed by atoms with E-state index < -0.39 is 5.82 Å². The molecule has 3 aromatic rings. The molecule has 0 saturated carbocycles. The maximum atomic E-state index is 14.1. The molecule has 1 fully saturated rings. The van der Waals surface area contributed by atoms with Crippen LogP contribution >= 0.6 is 11.8 Å². The van der Waals surface area contributed by atoms with Crippen molar-refractivity contribution < 1.29 is 13.6 Å². The van der Waals surface area contributed by atoms with Crippen LogP contribution in [0.15, 0.2) is 86.5 Å². The van der Waals surface area contributed by atoms with Gasteiger partial charge in [0.25, 0.3) is 5.91 Å². The van der Waals surface area contributed by atoms with Crippen LogP contribution < -0.4 is 0 Å². The van der Waals surface area contributed by atoms with Crippen molar-refractivity contribution in [3.05, 3.63) is 100 Å². The zero-order valence-electron chi connectivity index (χ0n) is 18.7. The van der Waals surface area contributed by atoms with Crippen LogP contribution in [0.4, 0.5) is 4.39 Å². The SMILES string of the molecule is CC(C)(C)c1ccc(/C=N\N=C2\S/C(=C\c3ccccc3F)C(=O)N2Cc2ccco2)cc1. The highest BCUT2D eigenvalue weighted by Gasteiger charge is 2.34. The summed E-state index contributed by atoms with van der Waals surface area (Å²) in [5.74, 6) is -0.0493. The highest BCUT2D eigenvalue weighted by atomic mass is 32.2. The number of hydrogen-bond donors (Lipinski definition) is 0. The summed E-state index contributed by atoms with van der Waals surface area (Å²) < 4.78 is 19.5. The quantitative estimate of drug-likeness (QED) is 0.257. The summed E-state index contributed by atoms with van der Waals surface area (Å²) in [4.78, 5) is 14.9. The highest BCUT2D eigenvalue weighted by Crippen LogP contribution is 2.34. The fourth-order valence-electron chi connectivity index (χ4n) is 3.23. The molecule has 0 aliphatic carbocycles. The van der Waals surface area contributed by atoms with Crippen LogP contribution in [0.5, 0.6) is 0 Å². The van der Waals surface area contributed by atoms with E-state index in [9.17, 15) is 9.18 Å². The lowest BCUT2D eigenvalue weighted by atomic mass is 9.87. The monoisotopic (exact) mass is 461 g/mol. The van der Waals surface area contributed by atoms with E-state index in [2.05, 4.69) is 43.1 Å². The van der Waals surface area contributed by atoms with E-state index in [0.29, 0.717) is 21.4 Å². The van der Waals surface area contributed by atoms with E-state index in [1.807, 2.05) is 12.1 Å². The first kappa shape index (κ1) is 22.7. The lowest BCUT2D eigenvalue weighted by Crippen LogP contribution is -2.28. The molecule has 0 atom stereocenters. The molecule has 0 bridgehead atoms. The second-order valence-electron chi connectivity index (χ2n) is 8.60. The second-order valence-corrected chi connectivity index (χ2v) is 9.61. The molecule has 2 heterocycles. The molecule has 0 unspecified atom stereocenters. The molecular weight excluding hydrogens is 437 g/mol. The molecule has 2 aromatic carbocycles. The number of nitrogens with zero attached hydrogens (tertiary/aromatic N) is 3. The van der Waals surface area contributed by atoms with E-state index >= 15 is 0 Å². The van der Waals surface area contributed by atoms with E-state index in [1.54, 1.807) is 42.8 Å². The number of carbonyl (C=O) groups is 1. The Bertz CT molecular complexity index is 1220. The zero-order chi connectivity index (χ0) is 23.4. The van der Waals surface area contributed by atoms with Crippen molar-refractivity contribution >= 4 is 35.1 Å². The molecule has 168 valence electrons. The van der Waals surface area contributed by atoms with Gasteiger partial charge in [0.05, 0.1) is 23.9 Å². The number of furan rings is 1. The molecular formula is C26H24FN3O2S. The van der Waals surface area contributed by atoms with Crippen LogP contribution in [0, 0.1) is 5.82 Å². The molecule has 33 heavy (non-hydrogen) atoms. The average molecular weight is 462 g/mol. The van der Waals surface area contributed by atoms with Crippen LogP contribution in [-0.4, -0.2) is 22.2 Å². The minimum absolute atomic E-state index is 0.0735. The van der Waals surface area contributed by atoms with Gasteiger partial charge in [0.1, 0.15) is 11.6 Å². The Morgan fingerprint density at radius 1 is 1.06 bits per heavy atom. The number of amidine groups is 1. The third kappa shape index (κ3) is 5.49. The van der Waals surface area contributed by atoms with Gasteiger partial charge in [-0.25, -0.2) is 4.39 Å². The maximum Gasteiger partial charge on any atom is 0.267 e. The number of carbonyl (C=O) groups excluding carboxylic acids is 1. The van der Waals surface area contributed by atoms with Crippen molar-refractivity contribution in [3.63, 3.8) is 0 Å². The summed E-state index contributed by atoms with van der Waals surface area (Å²) in [6, 6.07) is 18.0. The zero-order valence-corrected chi connectivity index (χ0v) is 19.5. The van der Waals surface area contributed by atoms with Gasteiger partial charge in [-0.1, -0.05) is 63.2 Å². The minimum Gasteiger partial charge on any atom is -0.467 e. The number of hydrogen-bond acceptors (Lipinski definition) is 5. The van der Waals surface area contributed by atoms with Gasteiger partial charge in [-0.3, -0.25) is 9.69 Å². The molecule has 1 aliphatic heterocycles. The lowest BCUT2D eigenvalue weighted by molar-refractivity contribution is -0.122. The molecule has 1 amide bonds. The molecule has 0 N–H and O–H groups in total. The average Bonchev–Trinajstić information content (AvgIpc) is 3.39. The van der Waals surface area contributed by atoms with Gasteiger partial charge in [0, 0.05) is 5.56 Å². The van der Waals surface area contributed by atoms with Crippen molar-refractivity contribution in [1.82, 2.24) is 4.90 Å². The largest absolute Gasteiger partial charge is 0.467 e. The molecule has 1 aromatic heterocycles. The number of thioether (sulfide) groups is 1. The Morgan fingerprint density at radius 3 is 2.48 bits per heavy atom. The van der Waals surface area contributed by atoms with Crippen molar-refractivity contribution in [2.24, 2.45) is 10.2 Å². The van der Waals surface area contributed by atoms with Gasteiger partial charge in [-0.05, 0) is 52.6 Å². The summed E-state index contributed by atoms with van der Waals surface area (Å²) in [5, 5.41) is 8.90. The Labute approximate surface area is 196 Å². The van der Waals surface area contributed by atoms with Crippen molar-refractivity contribution in [1.29, 1.82) is 0 Å². The number of amides is 1. The molecule has 1 saturated heterocycles. The summed E-state index contributed by atoms with van der Waals surface area (Å²) in [6.45, 7) is 6.70. The fourth-order valence-corrected chi connectivity index (χ4v) is 4.15. The normalized spacial score (nSPS) is 17.1. The van der Waals surface area contributed by atoms with E-state index in [4.69, 9.17) is 4.42 Å². The number of rotatable bonds is 5. The third-order valence-electron chi connectivity index (χ3n) is 5.10. The predicted molar refractivity (Wildman–Crippen MR) is 131 cm³/mol. The van der Waals surface area contributed by atoms with Gasteiger partial charge >= 0.3 is 0 Å². The summed E-state index contributed by atoms with van der Waals surface area (Å²) in [7, 11) is 0. The number of halogens is 1. The van der Waals surface area contributed by atoms with Crippen LogP contribution in [0.3, 0.4) is 0 Å². The van der Waals surface area contributed by atoms with Gasteiger partial charge < -0.3 is 4.42 Å². The van der Waals surface area contributed by atoms with Crippen LogP contribution in [0.25, 0.3) is 6.08 Å². The van der Waals surface area contributed by atoms with Gasteiger partial charge in [0.15, 0.2) is 5.17 Å². The van der Waals surface area contributed by atoms with Crippen molar-refractivity contribution in [3.8, 4) is 0 Å². The van der Waals surface area contributed by atoms with Gasteiger partial charge in [-0.2, -0.15) is 5.10 Å². The standard InChI is InChI=1S/C26H24FN3O2S/c1-26(2,3)20-12-10-18(11-13-20)16-28-29-25-30(17-21-8-6-14-32-21)24(31)23(33-25)15-19-7-4-5-9-22(19)27/h4-16H,17H2,1-3H3/b23-15-,28-16-,29-25+. The first-order chi connectivity index (χ1) is 15.8. The van der Waals surface area contributed by atoms with Gasteiger partial charge in [0.2, 0.25) is 0 Å². The topological polar surface area (TPSA) is 58.2 Å². The van der Waals surface area contributed by atoms with Crippen LogP contribution in [0.2, 0.25) is 0 Å². The molecule has 7 heteroatoms. The van der Waals surface area contributed by atoms with E-state index in [0.717, 1.165) is 17.3 Å². The van der Waals surface area contributed by atoms with Crippen molar-refractivity contribution in [2.75, 3.05) is 0 Å². The molecule has 0 spiro atoms. The van der Waals surface area contributed by atoms with E-state index in [-0.39, 0.29) is 17.9 Å². The van der Waals surface area contributed by atoms with Crippen LogP contribution in [0.1, 0.15) is 43.2 Å². The summed E-state index contributed by atoms with van der Waals surface area (Å²) in [5.41, 5.74) is 2.55. The molecule has 0 radical (unpaired) electrons. The van der Waals surface area contributed by atoms with Gasteiger partial charge in [-0.15, -0.1) is 5.10 Å². The summed E-state index contributed by atoms with van der Waals surface area (Å²) >= 11 is 1.16. The van der Waals surface area contributed by atoms with Crippen LogP contribution in [-0.2, 0) is 16.8 Å². The molecule has 1 aliphatic rings. The Morgan fingerprint density at radius 2 is 1.82 bits per heavy atom. The molecule has 5 nitrogen and oxygen atoms in total. The smallest absolute Gasteiger partial charge is 0.267 e. The first-order valence-corrected chi connectivity index (χ1v) is 11.3. The summed E-state index contributed by atoms with van der Waals surface area (Å²) in [6.07, 6.45) is 4.73. The third-order valence-corrected chi connectivity index (χ3v) is 6.10.